The van der Waals surface area contributed by atoms with Gasteiger partial charge in [0.1, 0.15) is 5.75 Å². The van der Waals surface area contributed by atoms with Crippen molar-refractivity contribution in [3.8, 4) is 5.75 Å². The highest BCUT2D eigenvalue weighted by atomic mass is 79.9. The van der Waals surface area contributed by atoms with E-state index < -0.39 is 0 Å². The molecule has 3 heteroatoms. The van der Waals surface area contributed by atoms with Gasteiger partial charge in [0.15, 0.2) is 0 Å². The van der Waals surface area contributed by atoms with E-state index in [1.165, 1.54) is 0 Å². The number of hydrogen-bond donors (Lipinski definition) is 1. The van der Waals surface area contributed by atoms with Crippen LogP contribution in [0.15, 0.2) is 22.7 Å². The number of nitrogens with one attached hydrogen (secondary N) is 1. The summed E-state index contributed by atoms with van der Waals surface area (Å²) in [5, 5.41) is 3.53. The molecule has 1 aromatic rings. The molecule has 90 valence electrons. The Balaban J connectivity index is 2.78. The van der Waals surface area contributed by atoms with Crippen molar-refractivity contribution in [3.63, 3.8) is 0 Å². The summed E-state index contributed by atoms with van der Waals surface area (Å²) in [6.07, 6.45) is 1.13. The molecule has 0 radical (unpaired) electrons. The van der Waals surface area contributed by atoms with Gasteiger partial charge in [0, 0.05) is 11.7 Å². The summed E-state index contributed by atoms with van der Waals surface area (Å²) >= 11 is 3.49. The topological polar surface area (TPSA) is 21.3 Å². The minimum atomic E-state index is 0.514. The van der Waals surface area contributed by atoms with Gasteiger partial charge in [-0.25, -0.2) is 0 Å². The van der Waals surface area contributed by atoms with Crippen molar-refractivity contribution in [2.75, 3.05) is 12.4 Å². The van der Waals surface area contributed by atoms with Gasteiger partial charge in [-0.1, -0.05) is 20.8 Å². The first-order chi connectivity index (χ1) is 7.58. The van der Waals surface area contributed by atoms with Gasteiger partial charge in [0.25, 0.3) is 0 Å². The molecule has 0 amide bonds. The van der Waals surface area contributed by atoms with Gasteiger partial charge < -0.3 is 10.1 Å². The third-order valence-electron chi connectivity index (χ3n) is 2.75. The first-order valence-corrected chi connectivity index (χ1v) is 6.47. The predicted octanol–water partition coefficient (Wildman–Crippen LogP) is 4.30. The molecule has 0 bridgehead atoms. The van der Waals surface area contributed by atoms with E-state index in [1.807, 2.05) is 6.07 Å². The van der Waals surface area contributed by atoms with Crippen molar-refractivity contribution < 1.29 is 4.74 Å². The molecule has 0 saturated carbocycles. The summed E-state index contributed by atoms with van der Waals surface area (Å²) in [5.41, 5.74) is 1.13. The number of rotatable bonds is 5. The molecule has 1 aromatic carbocycles. The zero-order valence-corrected chi connectivity index (χ0v) is 12.0. The minimum Gasteiger partial charge on any atom is -0.496 e. The molecule has 1 unspecified atom stereocenters. The maximum Gasteiger partial charge on any atom is 0.133 e. The van der Waals surface area contributed by atoms with E-state index in [9.17, 15) is 0 Å². The van der Waals surface area contributed by atoms with Gasteiger partial charge in [-0.2, -0.15) is 0 Å². The van der Waals surface area contributed by atoms with E-state index in [1.54, 1.807) is 7.11 Å². The molecule has 1 N–H and O–H groups in total. The Labute approximate surface area is 107 Å². The van der Waals surface area contributed by atoms with E-state index in [4.69, 9.17) is 4.74 Å². The van der Waals surface area contributed by atoms with Crippen molar-refractivity contribution in [1.29, 1.82) is 0 Å². The number of methoxy groups -OCH3 is 1. The lowest BCUT2D eigenvalue weighted by Gasteiger charge is -2.22. The van der Waals surface area contributed by atoms with Crippen LogP contribution in [0.4, 0.5) is 5.69 Å². The average molecular weight is 286 g/mol. The van der Waals surface area contributed by atoms with Gasteiger partial charge in [-0.15, -0.1) is 0 Å². The molecule has 0 spiro atoms. The Morgan fingerprint density at radius 3 is 2.50 bits per heavy atom. The van der Waals surface area contributed by atoms with Gasteiger partial charge >= 0.3 is 0 Å². The Hall–Kier alpha value is -0.700. The number of benzene rings is 1. The van der Waals surface area contributed by atoms with E-state index in [-0.39, 0.29) is 0 Å². The van der Waals surface area contributed by atoms with Crippen LogP contribution >= 0.6 is 15.9 Å². The van der Waals surface area contributed by atoms with Crippen LogP contribution in [-0.2, 0) is 0 Å². The molecule has 0 aliphatic carbocycles. The maximum atomic E-state index is 5.20. The molecule has 0 saturated heterocycles. The first kappa shape index (κ1) is 13.4. The minimum absolute atomic E-state index is 0.514. The van der Waals surface area contributed by atoms with Crippen molar-refractivity contribution in [1.82, 2.24) is 0 Å². The standard InChI is InChI=1S/C13H20BrNO/c1-5-12(9(2)3)15-10-6-7-13(16-4)11(14)8-10/h6-9,12,15H,5H2,1-4H3. The van der Waals surface area contributed by atoms with Crippen molar-refractivity contribution in [2.45, 2.75) is 33.2 Å². The first-order valence-electron chi connectivity index (χ1n) is 5.68. The molecule has 0 aliphatic heterocycles. The van der Waals surface area contributed by atoms with Crippen molar-refractivity contribution in [3.05, 3.63) is 22.7 Å². The number of anilines is 1. The number of ether oxygens (including phenoxy) is 1. The van der Waals surface area contributed by atoms with E-state index >= 15 is 0 Å². The van der Waals surface area contributed by atoms with Gasteiger partial charge in [0.2, 0.25) is 0 Å². The maximum absolute atomic E-state index is 5.20. The van der Waals surface area contributed by atoms with Gasteiger partial charge in [-0.05, 0) is 46.5 Å². The molecular weight excluding hydrogens is 266 g/mol. The lowest BCUT2D eigenvalue weighted by atomic mass is 10.0. The molecule has 1 atom stereocenters. The Morgan fingerprint density at radius 1 is 1.38 bits per heavy atom. The fraction of sp³-hybridized carbons (Fsp3) is 0.538. The average Bonchev–Trinajstić information content (AvgIpc) is 2.25. The number of halogens is 1. The fourth-order valence-electron chi connectivity index (χ4n) is 1.71. The molecule has 0 aromatic heterocycles. The zero-order chi connectivity index (χ0) is 12.1. The number of hydrogen-bond acceptors (Lipinski definition) is 2. The summed E-state index contributed by atoms with van der Waals surface area (Å²) in [5.74, 6) is 1.49. The summed E-state index contributed by atoms with van der Waals surface area (Å²) in [6, 6.07) is 6.60. The normalized spacial score (nSPS) is 12.6. The molecule has 0 aliphatic rings. The summed E-state index contributed by atoms with van der Waals surface area (Å²) < 4.78 is 6.19. The molecule has 0 heterocycles. The molecule has 2 nitrogen and oxygen atoms in total. The Morgan fingerprint density at radius 2 is 2.06 bits per heavy atom. The quantitative estimate of drug-likeness (QED) is 0.871. The zero-order valence-electron chi connectivity index (χ0n) is 10.4. The molecule has 0 fully saturated rings. The summed E-state index contributed by atoms with van der Waals surface area (Å²) in [7, 11) is 1.68. The van der Waals surface area contributed by atoms with Crippen molar-refractivity contribution in [2.24, 2.45) is 5.92 Å². The molecule has 1 rings (SSSR count). The molecular formula is C13H20BrNO. The van der Waals surface area contributed by atoms with Crippen LogP contribution < -0.4 is 10.1 Å². The second-order valence-corrected chi connectivity index (χ2v) is 5.11. The lowest BCUT2D eigenvalue weighted by Crippen LogP contribution is -2.24. The van der Waals surface area contributed by atoms with Crippen LogP contribution in [0.25, 0.3) is 0 Å². The summed E-state index contributed by atoms with van der Waals surface area (Å²) in [4.78, 5) is 0. The largest absolute Gasteiger partial charge is 0.496 e. The van der Waals surface area contributed by atoms with Gasteiger partial charge in [-0.3, -0.25) is 0 Å². The fourth-order valence-corrected chi connectivity index (χ4v) is 2.25. The highest BCUT2D eigenvalue weighted by molar-refractivity contribution is 9.10. The summed E-state index contributed by atoms with van der Waals surface area (Å²) in [6.45, 7) is 6.68. The monoisotopic (exact) mass is 285 g/mol. The smallest absolute Gasteiger partial charge is 0.133 e. The van der Waals surface area contributed by atoms with Crippen LogP contribution in [0.3, 0.4) is 0 Å². The third-order valence-corrected chi connectivity index (χ3v) is 3.37. The van der Waals surface area contributed by atoms with E-state index in [0.29, 0.717) is 12.0 Å². The van der Waals surface area contributed by atoms with Gasteiger partial charge in [0.05, 0.1) is 11.6 Å². The second kappa shape index (κ2) is 6.14. The SMILES string of the molecule is CCC(Nc1ccc(OC)c(Br)c1)C(C)C. The second-order valence-electron chi connectivity index (χ2n) is 4.25. The van der Waals surface area contributed by atoms with Crippen LogP contribution in [0.2, 0.25) is 0 Å². The molecule has 16 heavy (non-hydrogen) atoms. The van der Waals surface area contributed by atoms with E-state index in [2.05, 4.69) is 54.2 Å². The highest BCUT2D eigenvalue weighted by Crippen LogP contribution is 2.28. The van der Waals surface area contributed by atoms with Crippen LogP contribution in [0.1, 0.15) is 27.2 Å². The Bertz CT molecular complexity index is 339. The lowest BCUT2D eigenvalue weighted by molar-refractivity contribution is 0.412. The van der Waals surface area contributed by atoms with E-state index in [0.717, 1.165) is 22.3 Å². The third kappa shape index (κ3) is 3.41. The van der Waals surface area contributed by atoms with Crippen molar-refractivity contribution >= 4 is 21.6 Å². The Kier molecular flexibility index (Phi) is 5.13. The van der Waals surface area contributed by atoms with Crippen LogP contribution in [-0.4, -0.2) is 13.2 Å². The van der Waals surface area contributed by atoms with Crippen LogP contribution in [0, 0.1) is 5.92 Å². The predicted molar refractivity (Wildman–Crippen MR) is 73.2 cm³/mol. The van der Waals surface area contributed by atoms with Crippen LogP contribution in [0.5, 0.6) is 5.75 Å². The highest BCUT2D eigenvalue weighted by Gasteiger charge is 2.11.